The fourth-order valence-corrected chi connectivity index (χ4v) is 5.10. The molecule has 7 heteroatoms. The van der Waals surface area contributed by atoms with Gasteiger partial charge in [-0.25, -0.2) is 4.79 Å². The van der Waals surface area contributed by atoms with Gasteiger partial charge in [-0.3, -0.25) is 14.5 Å². The molecular formula is C31H28BrNO5. The monoisotopic (exact) mass is 573 g/mol. The van der Waals surface area contributed by atoms with E-state index in [1.165, 1.54) is 0 Å². The van der Waals surface area contributed by atoms with E-state index in [9.17, 15) is 14.4 Å². The lowest BCUT2D eigenvalue weighted by atomic mass is 9.95. The van der Waals surface area contributed by atoms with Crippen molar-refractivity contribution in [3.8, 4) is 0 Å². The minimum atomic E-state index is -0.680. The van der Waals surface area contributed by atoms with E-state index in [1.807, 2.05) is 31.2 Å². The molecule has 1 aliphatic rings. The third kappa shape index (κ3) is 4.67. The zero-order valence-electron chi connectivity index (χ0n) is 21.5. The van der Waals surface area contributed by atoms with Crippen LogP contribution in [-0.4, -0.2) is 18.5 Å². The van der Waals surface area contributed by atoms with Crippen LogP contribution in [0, 0.1) is 0 Å². The summed E-state index contributed by atoms with van der Waals surface area (Å²) < 4.78 is 12.1. The minimum Gasteiger partial charge on any atom is -0.462 e. The van der Waals surface area contributed by atoms with Gasteiger partial charge in [0, 0.05) is 10.2 Å². The van der Waals surface area contributed by atoms with Crippen molar-refractivity contribution < 1.29 is 18.7 Å². The highest BCUT2D eigenvalue weighted by molar-refractivity contribution is 9.10. The van der Waals surface area contributed by atoms with E-state index in [-0.39, 0.29) is 11.2 Å². The van der Waals surface area contributed by atoms with Gasteiger partial charge in [-0.1, -0.05) is 67.4 Å². The molecule has 0 fully saturated rings. The average molecular weight is 574 g/mol. The van der Waals surface area contributed by atoms with Crippen LogP contribution in [0.15, 0.2) is 80.4 Å². The second-order valence-corrected chi connectivity index (χ2v) is 10.7. The van der Waals surface area contributed by atoms with Gasteiger partial charge in [-0.05, 0) is 65.9 Å². The lowest BCUT2D eigenvalue weighted by Crippen LogP contribution is -2.29. The Labute approximate surface area is 229 Å². The Balaban J connectivity index is 1.62. The number of rotatable bonds is 7. The first kappa shape index (κ1) is 25.9. The Bertz CT molecular complexity index is 1570. The average Bonchev–Trinajstić information content (AvgIpc) is 3.21. The molecule has 0 N–H and O–H groups in total. The summed E-state index contributed by atoms with van der Waals surface area (Å²) in [6.45, 7) is 6.62. The van der Waals surface area contributed by atoms with Crippen LogP contribution in [0.3, 0.4) is 0 Å². The molecule has 0 spiro atoms. The SMILES string of the molecule is CCCCOC(=O)c1ccc(N2C(=O)c3oc4ccc(Br)cc4c(=O)c3C2c2ccc(C(C)C)cc2)cc1. The first-order valence-corrected chi connectivity index (χ1v) is 13.6. The van der Waals surface area contributed by atoms with Crippen LogP contribution in [0.25, 0.3) is 11.0 Å². The molecule has 1 unspecified atom stereocenters. The number of hydrogen-bond acceptors (Lipinski definition) is 5. The summed E-state index contributed by atoms with van der Waals surface area (Å²) in [6, 6.07) is 19.1. The number of esters is 1. The van der Waals surface area contributed by atoms with Crippen molar-refractivity contribution in [1.29, 1.82) is 0 Å². The summed E-state index contributed by atoms with van der Waals surface area (Å²) in [6.07, 6.45) is 1.73. The quantitative estimate of drug-likeness (QED) is 0.170. The van der Waals surface area contributed by atoms with Gasteiger partial charge in [-0.2, -0.15) is 0 Å². The maximum atomic E-state index is 13.8. The number of fused-ring (bicyclic) bond motifs is 2. The highest BCUT2D eigenvalue weighted by Gasteiger charge is 2.43. The molecule has 0 radical (unpaired) electrons. The first-order chi connectivity index (χ1) is 18.3. The maximum Gasteiger partial charge on any atom is 0.338 e. The predicted octanol–water partition coefficient (Wildman–Crippen LogP) is 7.39. The van der Waals surface area contributed by atoms with E-state index in [1.54, 1.807) is 47.4 Å². The van der Waals surface area contributed by atoms with E-state index < -0.39 is 17.9 Å². The Hall–Kier alpha value is -3.71. The van der Waals surface area contributed by atoms with E-state index in [4.69, 9.17) is 9.15 Å². The number of unbranched alkanes of at least 4 members (excludes halogenated alkanes) is 1. The molecule has 1 aliphatic heterocycles. The molecule has 1 atom stereocenters. The summed E-state index contributed by atoms with van der Waals surface area (Å²) in [5.41, 5.74) is 3.32. The summed E-state index contributed by atoms with van der Waals surface area (Å²) in [7, 11) is 0. The molecule has 3 aromatic carbocycles. The maximum absolute atomic E-state index is 13.8. The largest absolute Gasteiger partial charge is 0.462 e. The number of hydrogen-bond donors (Lipinski definition) is 0. The highest BCUT2D eigenvalue weighted by atomic mass is 79.9. The second kappa shape index (κ2) is 10.6. The van der Waals surface area contributed by atoms with Crippen LogP contribution < -0.4 is 10.3 Å². The number of amides is 1. The summed E-state index contributed by atoms with van der Waals surface area (Å²) >= 11 is 3.43. The zero-order valence-corrected chi connectivity index (χ0v) is 23.1. The number of ether oxygens (including phenoxy) is 1. The van der Waals surface area contributed by atoms with Crippen LogP contribution in [0.2, 0.25) is 0 Å². The van der Waals surface area contributed by atoms with Gasteiger partial charge in [-0.15, -0.1) is 0 Å². The number of carbonyl (C=O) groups is 2. The van der Waals surface area contributed by atoms with Crippen molar-refractivity contribution in [1.82, 2.24) is 0 Å². The lowest BCUT2D eigenvalue weighted by molar-refractivity contribution is 0.0499. The Morgan fingerprint density at radius 2 is 1.74 bits per heavy atom. The minimum absolute atomic E-state index is 0.0332. The molecule has 2 heterocycles. The van der Waals surface area contributed by atoms with Crippen molar-refractivity contribution in [3.05, 3.63) is 109 Å². The van der Waals surface area contributed by atoms with Gasteiger partial charge in [0.1, 0.15) is 5.58 Å². The summed E-state index contributed by atoms with van der Waals surface area (Å²) in [5, 5.41) is 0.404. The van der Waals surface area contributed by atoms with Crippen LogP contribution in [-0.2, 0) is 4.74 Å². The van der Waals surface area contributed by atoms with Gasteiger partial charge < -0.3 is 9.15 Å². The van der Waals surface area contributed by atoms with Crippen molar-refractivity contribution in [2.45, 2.75) is 45.6 Å². The topological polar surface area (TPSA) is 76.8 Å². The molecule has 1 amide bonds. The number of nitrogens with zero attached hydrogens (tertiary/aromatic N) is 1. The number of carbonyl (C=O) groups excluding carboxylic acids is 2. The molecule has 4 aromatic rings. The number of halogens is 1. The standard InChI is InChI=1S/C31H28BrNO5/c1-4-5-16-37-31(36)21-10-13-23(14-11-21)33-27(20-8-6-19(7-9-20)18(2)3)26-28(34)24-17-22(32)12-15-25(24)38-29(26)30(33)35/h6-15,17-18,27H,4-5,16H2,1-3H3. The van der Waals surface area contributed by atoms with Crippen molar-refractivity contribution >= 4 is 44.5 Å². The van der Waals surface area contributed by atoms with Crippen LogP contribution in [0.4, 0.5) is 5.69 Å². The van der Waals surface area contributed by atoms with Crippen LogP contribution >= 0.6 is 15.9 Å². The van der Waals surface area contributed by atoms with E-state index >= 15 is 0 Å². The Morgan fingerprint density at radius 3 is 2.39 bits per heavy atom. The molecule has 1 aromatic heterocycles. The van der Waals surface area contributed by atoms with E-state index in [2.05, 4.69) is 29.8 Å². The van der Waals surface area contributed by atoms with Gasteiger partial charge in [0.15, 0.2) is 5.43 Å². The molecule has 194 valence electrons. The predicted molar refractivity (Wildman–Crippen MR) is 151 cm³/mol. The zero-order chi connectivity index (χ0) is 27.0. The van der Waals surface area contributed by atoms with Gasteiger partial charge >= 0.3 is 5.97 Å². The molecule has 5 rings (SSSR count). The lowest BCUT2D eigenvalue weighted by Gasteiger charge is -2.25. The van der Waals surface area contributed by atoms with Crippen molar-refractivity contribution in [2.24, 2.45) is 0 Å². The third-order valence-corrected chi connectivity index (χ3v) is 7.36. The van der Waals surface area contributed by atoms with Crippen molar-refractivity contribution in [3.63, 3.8) is 0 Å². The smallest absolute Gasteiger partial charge is 0.338 e. The van der Waals surface area contributed by atoms with E-state index in [0.717, 1.165) is 28.4 Å². The normalized spacial score (nSPS) is 14.8. The fourth-order valence-electron chi connectivity index (χ4n) is 4.74. The molecular weight excluding hydrogens is 546 g/mol. The summed E-state index contributed by atoms with van der Waals surface area (Å²) in [5.74, 6) is -0.437. The van der Waals surface area contributed by atoms with Crippen molar-refractivity contribution in [2.75, 3.05) is 11.5 Å². The fraction of sp³-hybridized carbons (Fsp3) is 0.258. The number of anilines is 1. The van der Waals surface area contributed by atoms with Gasteiger partial charge in [0.05, 0.1) is 29.2 Å². The van der Waals surface area contributed by atoms with Gasteiger partial charge in [0.25, 0.3) is 5.91 Å². The number of benzene rings is 3. The molecule has 0 saturated heterocycles. The van der Waals surface area contributed by atoms with Crippen LogP contribution in [0.5, 0.6) is 0 Å². The van der Waals surface area contributed by atoms with E-state index in [0.29, 0.717) is 40.3 Å². The second-order valence-electron chi connectivity index (χ2n) is 9.75. The molecule has 0 bridgehead atoms. The third-order valence-electron chi connectivity index (χ3n) is 6.86. The molecule has 0 aliphatic carbocycles. The molecule has 6 nitrogen and oxygen atoms in total. The molecule has 38 heavy (non-hydrogen) atoms. The molecule has 0 saturated carbocycles. The van der Waals surface area contributed by atoms with Gasteiger partial charge in [0.2, 0.25) is 5.76 Å². The van der Waals surface area contributed by atoms with Crippen LogP contribution in [0.1, 0.15) is 83.2 Å². The highest BCUT2D eigenvalue weighted by Crippen LogP contribution is 2.41. The Kier molecular flexibility index (Phi) is 7.21. The summed E-state index contributed by atoms with van der Waals surface area (Å²) in [4.78, 5) is 41.6. The first-order valence-electron chi connectivity index (χ1n) is 12.8. The Morgan fingerprint density at radius 1 is 1.03 bits per heavy atom.